The van der Waals surface area contributed by atoms with Crippen molar-refractivity contribution in [3.05, 3.63) is 18.5 Å². The van der Waals surface area contributed by atoms with Crippen molar-refractivity contribution in [2.24, 2.45) is 0 Å². The standard InChI is InChI=1S/C17H26N6O2/c24-17(20-14-2-10-25-11-3-14)23-12-15(13-23)21-6-8-22(9-7-21)16-18-4-1-5-19-16/h1,4-5,14-15H,2-3,6-13H2,(H,20,24). The summed E-state index contributed by atoms with van der Waals surface area (Å²) in [5.41, 5.74) is 0. The fourth-order valence-electron chi connectivity index (χ4n) is 3.70. The first-order valence-corrected chi connectivity index (χ1v) is 9.19. The summed E-state index contributed by atoms with van der Waals surface area (Å²) < 4.78 is 5.33. The zero-order valence-electron chi connectivity index (χ0n) is 14.5. The fourth-order valence-corrected chi connectivity index (χ4v) is 3.70. The molecule has 0 unspecified atom stereocenters. The van der Waals surface area contributed by atoms with Crippen LogP contribution in [0.2, 0.25) is 0 Å². The molecule has 0 bridgehead atoms. The van der Waals surface area contributed by atoms with Gasteiger partial charge in [-0.15, -0.1) is 0 Å². The van der Waals surface area contributed by atoms with Gasteiger partial charge < -0.3 is 19.9 Å². The molecule has 1 aromatic heterocycles. The molecule has 136 valence electrons. The van der Waals surface area contributed by atoms with Crippen molar-refractivity contribution in [1.29, 1.82) is 0 Å². The minimum atomic E-state index is 0.0828. The van der Waals surface area contributed by atoms with Gasteiger partial charge in [-0.05, 0) is 18.9 Å². The van der Waals surface area contributed by atoms with Gasteiger partial charge in [0, 0.05) is 77.0 Å². The molecule has 0 aliphatic carbocycles. The number of piperazine rings is 1. The van der Waals surface area contributed by atoms with E-state index in [0.29, 0.717) is 6.04 Å². The average molecular weight is 346 g/mol. The van der Waals surface area contributed by atoms with E-state index in [9.17, 15) is 4.79 Å². The molecule has 0 aromatic carbocycles. The fraction of sp³-hybridized carbons (Fsp3) is 0.706. The molecule has 0 atom stereocenters. The SMILES string of the molecule is O=C(NC1CCOCC1)N1CC(N2CCN(c3ncccn3)CC2)C1. The second-order valence-corrected chi connectivity index (χ2v) is 6.97. The van der Waals surface area contributed by atoms with E-state index in [0.717, 1.165) is 71.3 Å². The van der Waals surface area contributed by atoms with E-state index in [4.69, 9.17) is 4.74 Å². The van der Waals surface area contributed by atoms with E-state index >= 15 is 0 Å². The Bertz CT molecular complexity index is 566. The highest BCUT2D eigenvalue weighted by atomic mass is 16.5. The smallest absolute Gasteiger partial charge is 0.317 e. The van der Waals surface area contributed by atoms with E-state index in [1.54, 1.807) is 12.4 Å². The maximum atomic E-state index is 12.3. The first-order chi connectivity index (χ1) is 12.3. The third-order valence-corrected chi connectivity index (χ3v) is 5.36. The lowest BCUT2D eigenvalue weighted by atomic mass is 10.1. The molecule has 8 heteroatoms. The number of rotatable bonds is 3. The Morgan fingerprint density at radius 2 is 1.76 bits per heavy atom. The monoisotopic (exact) mass is 346 g/mol. The highest BCUT2D eigenvalue weighted by molar-refractivity contribution is 5.75. The van der Waals surface area contributed by atoms with Crippen LogP contribution in [0, 0.1) is 0 Å². The molecule has 4 heterocycles. The van der Waals surface area contributed by atoms with Gasteiger partial charge in [0.25, 0.3) is 0 Å². The van der Waals surface area contributed by atoms with Crippen molar-refractivity contribution >= 4 is 12.0 Å². The van der Waals surface area contributed by atoms with E-state index in [2.05, 4.69) is 25.1 Å². The van der Waals surface area contributed by atoms with Crippen LogP contribution in [-0.2, 0) is 4.74 Å². The Morgan fingerprint density at radius 1 is 1.08 bits per heavy atom. The quantitative estimate of drug-likeness (QED) is 0.841. The summed E-state index contributed by atoms with van der Waals surface area (Å²) in [7, 11) is 0. The van der Waals surface area contributed by atoms with Gasteiger partial charge in [-0.25, -0.2) is 14.8 Å². The number of hydrogen-bond donors (Lipinski definition) is 1. The van der Waals surface area contributed by atoms with Crippen LogP contribution < -0.4 is 10.2 Å². The maximum Gasteiger partial charge on any atom is 0.317 e. The van der Waals surface area contributed by atoms with Gasteiger partial charge in [-0.1, -0.05) is 0 Å². The largest absolute Gasteiger partial charge is 0.381 e. The van der Waals surface area contributed by atoms with Crippen molar-refractivity contribution in [2.75, 3.05) is 57.4 Å². The highest BCUT2D eigenvalue weighted by Crippen LogP contribution is 2.19. The van der Waals surface area contributed by atoms with Gasteiger partial charge >= 0.3 is 6.03 Å². The number of amides is 2. The van der Waals surface area contributed by atoms with Crippen molar-refractivity contribution in [3.8, 4) is 0 Å². The Morgan fingerprint density at radius 3 is 2.44 bits per heavy atom. The second-order valence-electron chi connectivity index (χ2n) is 6.97. The minimum absolute atomic E-state index is 0.0828. The average Bonchev–Trinajstić information content (AvgIpc) is 2.63. The molecule has 3 saturated heterocycles. The van der Waals surface area contributed by atoms with Crippen molar-refractivity contribution < 1.29 is 9.53 Å². The minimum Gasteiger partial charge on any atom is -0.381 e. The Kier molecular flexibility index (Phi) is 4.98. The Hall–Kier alpha value is -1.93. The Labute approximate surface area is 148 Å². The van der Waals surface area contributed by atoms with Gasteiger partial charge in [0.15, 0.2) is 0 Å². The van der Waals surface area contributed by atoms with Crippen LogP contribution in [0.3, 0.4) is 0 Å². The number of nitrogens with zero attached hydrogens (tertiary/aromatic N) is 5. The molecule has 3 aliphatic heterocycles. The van der Waals surface area contributed by atoms with Crippen LogP contribution in [0.1, 0.15) is 12.8 Å². The summed E-state index contributed by atoms with van der Waals surface area (Å²) in [6.45, 7) is 7.04. The Balaban J connectivity index is 1.19. The predicted octanol–water partition coefficient (Wildman–Crippen LogP) is 0.171. The molecular formula is C17H26N6O2. The third kappa shape index (κ3) is 3.85. The molecule has 8 nitrogen and oxygen atoms in total. The molecule has 25 heavy (non-hydrogen) atoms. The van der Waals surface area contributed by atoms with Crippen molar-refractivity contribution in [2.45, 2.75) is 24.9 Å². The molecule has 3 aliphatic rings. The number of anilines is 1. The number of likely N-dealkylation sites (tertiary alicyclic amines) is 1. The number of carbonyl (C=O) groups is 1. The van der Waals surface area contributed by atoms with E-state index in [1.165, 1.54) is 0 Å². The van der Waals surface area contributed by atoms with Crippen LogP contribution in [0.4, 0.5) is 10.7 Å². The number of ether oxygens (including phenoxy) is 1. The summed E-state index contributed by atoms with van der Waals surface area (Å²) >= 11 is 0. The van der Waals surface area contributed by atoms with Crippen LogP contribution in [0.15, 0.2) is 18.5 Å². The van der Waals surface area contributed by atoms with Crippen molar-refractivity contribution in [1.82, 2.24) is 25.1 Å². The van der Waals surface area contributed by atoms with Crippen LogP contribution in [0.25, 0.3) is 0 Å². The van der Waals surface area contributed by atoms with Crippen LogP contribution >= 0.6 is 0 Å². The highest BCUT2D eigenvalue weighted by Gasteiger charge is 2.36. The number of carbonyl (C=O) groups excluding carboxylic acids is 1. The van der Waals surface area contributed by atoms with Gasteiger partial charge in [-0.3, -0.25) is 4.90 Å². The number of nitrogens with one attached hydrogen (secondary N) is 1. The molecule has 4 rings (SSSR count). The number of aromatic nitrogens is 2. The van der Waals surface area contributed by atoms with Crippen LogP contribution in [0.5, 0.6) is 0 Å². The lowest BCUT2D eigenvalue weighted by Crippen LogP contribution is -2.66. The summed E-state index contributed by atoms with van der Waals surface area (Å²) in [5, 5.41) is 3.14. The lowest BCUT2D eigenvalue weighted by molar-refractivity contribution is 0.0460. The van der Waals surface area contributed by atoms with Gasteiger partial charge in [0.2, 0.25) is 5.95 Å². The molecule has 0 saturated carbocycles. The van der Waals surface area contributed by atoms with E-state index < -0.39 is 0 Å². The van der Waals surface area contributed by atoms with E-state index in [-0.39, 0.29) is 12.1 Å². The van der Waals surface area contributed by atoms with Gasteiger partial charge in [0.1, 0.15) is 0 Å². The molecule has 1 N–H and O–H groups in total. The van der Waals surface area contributed by atoms with E-state index in [1.807, 2.05) is 11.0 Å². The number of urea groups is 1. The molecular weight excluding hydrogens is 320 g/mol. The first-order valence-electron chi connectivity index (χ1n) is 9.19. The molecule has 0 radical (unpaired) electrons. The molecule has 1 aromatic rings. The van der Waals surface area contributed by atoms with Gasteiger partial charge in [-0.2, -0.15) is 0 Å². The molecule has 0 spiro atoms. The lowest BCUT2D eigenvalue weighted by Gasteiger charge is -2.48. The maximum absolute atomic E-state index is 12.3. The number of hydrogen-bond acceptors (Lipinski definition) is 6. The summed E-state index contributed by atoms with van der Waals surface area (Å²) in [5.74, 6) is 0.813. The van der Waals surface area contributed by atoms with Crippen molar-refractivity contribution in [3.63, 3.8) is 0 Å². The second kappa shape index (κ2) is 7.53. The summed E-state index contributed by atoms with van der Waals surface area (Å²) in [6, 6.07) is 2.68. The molecule has 2 amide bonds. The van der Waals surface area contributed by atoms with Crippen LogP contribution in [-0.4, -0.2) is 90.4 Å². The van der Waals surface area contributed by atoms with Gasteiger partial charge in [0.05, 0.1) is 0 Å². The predicted molar refractivity (Wildman–Crippen MR) is 93.6 cm³/mol. The molecule has 3 fully saturated rings. The summed E-state index contributed by atoms with van der Waals surface area (Å²) in [4.78, 5) is 27.6. The first kappa shape index (κ1) is 16.5. The topological polar surface area (TPSA) is 73.8 Å². The zero-order valence-corrected chi connectivity index (χ0v) is 14.5. The summed E-state index contributed by atoms with van der Waals surface area (Å²) in [6.07, 6.45) is 5.42. The third-order valence-electron chi connectivity index (χ3n) is 5.36. The normalized spacial score (nSPS) is 23.4. The zero-order chi connectivity index (χ0) is 17.1.